The van der Waals surface area contributed by atoms with Crippen molar-refractivity contribution < 1.29 is 0 Å². The molecule has 0 saturated heterocycles. The van der Waals surface area contributed by atoms with Gasteiger partial charge in [0.25, 0.3) is 0 Å². The van der Waals surface area contributed by atoms with Crippen molar-refractivity contribution in [2.45, 2.75) is 20.3 Å². The van der Waals surface area contributed by atoms with Crippen molar-refractivity contribution in [3.8, 4) is 11.1 Å². The van der Waals surface area contributed by atoms with Crippen LogP contribution >= 0.6 is 11.5 Å². The molecule has 4 nitrogen and oxygen atoms in total. The van der Waals surface area contributed by atoms with E-state index in [9.17, 15) is 0 Å². The molecule has 2 aromatic heterocycles. The van der Waals surface area contributed by atoms with Gasteiger partial charge < -0.3 is 11.1 Å². The number of nitrogen functional groups attached to an aromatic ring is 1. The molecule has 0 amide bonds. The van der Waals surface area contributed by atoms with Gasteiger partial charge in [0.05, 0.1) is 5.56 Å². The van der Waals surface area contributed by atoms with Crippen molar-refractivity contribution in [1.29, 1.82) is 0 Å². The highest BCUT2D eigenvalue weighted by atomic mass is 32.1. The molecule has 3 N–H and O–H groups in total. The molecule has 1 fully saturated rings. The largest absolute Gasteiger partial charge is 0.382 e. The number of rotatable bonds is 4. The first-order valence-corrected chi connectivity index (χ1v) is 7.25. The molecule has 0 spiro atoms. The molecule has 1 aliphatic carbocycles. The molecular formula is C14H18N4S. The summed E-state index contributed by atoms with van der Waals surface area (Å²) in [6.45, 7) is 5.61. The van der Waals surface area contributed by atoms with E-state index in [4.69, 9.17) is 5.73 Å². The van der Waals surface area contributed by atoms with Crippen LogP contribution in [0.25, 0.3) is 11.1 Å². The van der Waals surface area contributed by atoms with Gasteiger partial charge in [-0.2, -0.15) is 4.37 Å². The topological polar surface area (TPSA) is 63.8 Å². The quantitative estimate of drug-likeness (QED) is 0.898. The zero-order chi connectivity index (χ0) is 13.5. The molecule has 0 radical (unpaired) electrons. The van der Waals surface area contributed by atoms with Gasteiger partial charge in [-0.1, -0.05) is 13.8 Å². The van der Waals surface area contributed by atoms with E-state index in [1.807, 2.05) is 12.1 Å². The lowest BCUT2D eigenvalue weighted by molar-refractivity contribution is 0.573. The lowest BCUT2D eigenvalue weighted by atomic mass is 10.1. The number of hydrogen-bond acceptors (Lipinski definition) is 5. The summed E-state index contributed by atoms with van der Waals surface area (Å²) in [4.78, 5) is 4.04. The van der Waals surface area contributed by atoms with Crippen LogP contribution in [0.2, 0.25) is 0 Å². The van der Waals surface area contributed by atoms with Crippen LogP contribution in [0.4, 0.5) is 10.8 Å². The maximum absolute atomic E-state index is 5.99. The lowest BCUT2D eigenvalue weighted by Crippen LogP contribution is -2.06. The van der Waals surface area contributed by atoms with E-state index in [1.165, 1.54) is 18.0 Å². The number of nitrogens with zero attached hydrogens (tertiary/aromatic N) is 2. The van der Waals surface area contributed by atoms with Gasteiger partial charge in [-0.3, -0.25) is 4.98 Å². The third-order valence-corrected chi connectivity index (χ3v) is 4.73. The highest BCUT2D eigenvalue weighted by molar-refractivity contribution is 7.11. The highest BCUT2D eigenvalue weighted by Crippen LogP contribution is 2.51. The monoisotopic (exact) mass is 274 g/mol. The Morgan fingerprint density at radius 1 is 1.42 bits per heavy atom. The second-order valence-electron chi connectivity index (χ2n) is 5.78. The summed E-state index contributed by atoms with van der Waals surface area (Å²) in [5, 5.41) is 4.57. The summed E-state index contributed by atoms with van der Waals surface area (Å²) in [5.41, 5.74) is 8.55. The van der Waals surface area contributed by atoms with Gasteiger partial charge >= 0.3 is 0 Å². The second kappa shape index (κ2) is 4.49. The van der Waals surface area contributed by atoms with Crippen molar-refractivity contribution in [3.05, 3.63) is 24.5 Å². The summed E-state index contributed by atoms with van der Waals surface area (Å²) in [7, 11) is 0. The Hall–Kier alpha value is -1.62. The van der Waals surface area contributed by atoms with Crippen LogP contribution in [0, 0.1) is 11.3 Å². The minimum atomic E-state index is 0.486. The molecule has 0 aliphatic heterocycles. The number of aromatic nitrogens is 2. The Balaban J connectivity index is 1.79. The first-order chi connectivity index (χ1) is 9.08. The molecule has 1 unspecified atom stereocenters. The lowest BCUT2D eigenvalue weighted by Gasteiger charge is -2.08. The van der Waals surface area contributed by atoms with Crippen molar-refractivity contribution in [3.63, 3.8) is 0 Å². The Morgan fingerprint density at radius 3 is 2.74 bits per heavy atom. The van der Waals surface area contributed by atoms with Crippen molar-refractivity contribution in [2.24, 2.45) is 11.3 Å². The fraction of sp³-hybridized carbons (Fsp3) is 0.429. The second-order valence-corrected chi connectivity index (χ2v) is 6.55. The van der Waals surface area contributed by atoms with Crippen molar-refractivity contribution in [2.75, 3.05) is 17.6 Å². The molecular weight excluding hydrogens is 256 g/mol. The number of anilines is 2. The molecule has 0 aromatic carbocycles. The van der Waals surface area contributed by atoms with Crippen molar-refractivity contribution >= 4 is 22.4 Å². The van der Waals surface area contributed by atoms with E-state index in [0.717, 1.165) is 28.6 Å². The number of pyridine rings is 1. The summed E-state index contributed by atoms with van der Waals surface area (Å²) >= 11 is 1.43. The fourth-order valence-electron chi connectivity index (χ4n) is 2.36. The van der Waals surface area contributed by atoms with Gasteiger partial charge in [-0.25, -0.2) is 0 Å². The van der Waals surface area contributed by atoms with Crippen LogP contribution in [-0.2, 0) is 0 Å². The van der Waals surface area contributed by atoms with E-state index in [0.29, 0.717) is 11.2 Å². The van der Waals surface area contributed by atoms with E-state index in [2.05, 4.69) is 28.5 Å². The normalized spacial score (nSPS) is 20.2. The summed E-state index contributed by atoms with van der Waals surface area (Å²) < 4.78 is 4.26. The van der Waals surface area contributed by atoms with Crippen LogP contribution in [0.1, 0.15) is 20.3 Å². The number of hydrogen-bond donors (Lipinski definition) is 2. The summed E-state index contributed by atoms with van der Waals surface area (Å²) in [5.74, 6) is 1.34. The third-order valence-electron chi connectivity index (χ3n) is 3.91. The molecule has 0 bridgehead atoms. The van der Waals surface area contributed by atoms with Crippen LogP contribution < -0.4 is 11.1 Å². The number of nitrogens with two attached hydrogens (primary N) is 1. The molecule has 1 aliphatic rings. The zero-order valence-electron chi connectivity index (χ0n) is 11.2. The summed E-state index contributed by atoms with van der Waals surface area (Å²) in [6, 6.07) is 3.93. The van der Waals surface area contributed by atoms with Gasteiger partial charge in [0.2, 0.25) is 0 Å². The van der Waals surface area contributed by atoms with Gasteiger partial charge in [-0.05, 0) is 47.0 Å². The molecule has 1 saturated carbocycles. The van der Waals surface area contributed by atoms with Crippen molar-refractivity contribution in [1.82, 2.24) is 9.36 Å². The number of nitrogens with one attached hydrogen (secondary N) is 1. The predicted octanol–water partition coefficient (Wildman–Crippen LogP) is 3.25. The van der Waals surface area contributed by atoms with Gasteiger partial charge in [0.1, 0.15) is 10.8 Å². The van der Waals surface area contributed by atoms with E-state index in [1.54, 1.807) is 12.4 Å². The fourth-order valence-corrected chi connectivity index (χ4v) is 3.10. The van der Waals surface area contributed by atoms with E-state index >= 15 is 0 Å². The zero-order valence-corrected chi connectivity index (χ0v) is 12.0. The Morgan fingerprint density at radius 2 is 2.11 bits per heavy atom. The van der Waals surface area contributed by atoms with E-state index in [-0.39, 0.29) is 0 Å². The molecule has 2 heterocycles. The minimum absolute atomic E-state index is 0.486. The minimum Gasteiger partial charge on any atom is -0.382 e. The smallest absolute Gasteiger partial charge is 0.147 e. The standard InChI is InChI=1S/C14H18N4S/c1-14(2)7-10(14)8-17-13-11(12(15)18-19-13)9-3-5-16-6-4-9/h3-6,10,17H,7-8H2,1-2H3,(H2,15,18). The molecule has 5 heteroatoms. The average molecular weight is 274 g/mol. The van der Waals surface area contributed by atoms with Crippen LogP contribution in [-0.4, -0.2) is 15.9 Å². The summed E-state index contributed by atoms with van der Waals surface area (Å²) in [6.07, 6.45) is 4.85. The molecule has 1 atom stereocenters. The maximum Gasteiger partial charge on any atom is 0.147 e. The molecule has 19 heavy (non-hydrogen) atoms. The van der Waals surface area contributed by atoms with Crippen LogP contribution in [0.3, 0.4) is 0 Å². The highest BCUT2D eigenvalue weighted by Gasteiger charge is 2.45. The first kappa shape index (κ1) is 12.4. The Labute approximate surface area is 117 Å². The molecule has 100 valence electrons. The van der Waals surface area contributed by atoms with Crippen LogP contribution in [0.15, 0.2) is 24.5 Å². The SMILES string of the molecule is CC1(C)CC1CNc1snc(N)c1-c1ccncc1. The predicted molar refractivity (Wildman–Crippen MR) is 80.1 cm³/mol. The average Bonchev–Trinajstić information content (AvgIpc) is 2.84. The third kappa shape index (κ3) is 2.42. The van der Waals surface area contributed by atoms with Gasteiger partial charge in [0.15, 0.2) is 0 Å². The Bertz CT molecular complexity index is 576. The first-order valence-electron chi connectivity index (χ1n) is 6.47. The Kier molecular flexibility index (Phi) is 2.93. The molecule has 3 rings (SSSR count). The van der Waals surface area contributed by atoms with Gasteiger partial charge in [0, 0.05) is 18.9 Å². The van der Waals surface area contributed by atoms with Gasteiger partial charge in [-0.15, -0.1) is 0 Å². The van der Waals surface area contributed by atoms with E-state index < -0.39 is 0 Å². The van der Waals surface area contributed by atoms with Crippen LogP contribution in [0.5, 0.6) is 0 Å². The molecule has 2 aromatic rings. The maximum atomic E-state index is 5.99.